The Balaban J connectivity index is 1.57. The maximum absolute atomic E-state index is 12.7. The van der Waals surface area contributed by atoms with Crippen LogP contribution in [0.3, 0.4) is 0 Å². The van der Waals surface area contributed by atoms with Gasteiger partial charge in [0.05, 0.1) is 23.5 Å². The Morgan fingerprint density at radius 2 is 1.83 bits per heavy atom. The average molecular weight is 407 g/mol. The van der Waals surface area contributed by atoms with Crippen molar-refractivity contribution in [1.29, 1.82) is 0 Å². The highest BCUT2D eigenvalue weighted by atomic mass is 32.1. The van der Waals surface area contributed by atoms with Crippen molar-refractivity contribution < 1.29 is 14.4 Å². The van der Waals surface area contributed by atoms with E-state index in [0.29, 0.717) is 11.3 Å². The molecule has 1 aromatic heterocycles. The van der Waals surface area contributed by atoms with E-state index in [4.69, 9.17) is 4.84 Å². The van der Waals surface area contributed by atoms with Gasteiger partial charge < -0.3 is 15.5 Å². The van der Waals surface area contributed by atoms with Crippen molar-refractivity contribution in [2.24, 2.45) is 5.16 Å². The normalized spacial score (nSPS) is 11.8. The first-order valence-corrected chi connectivity index (χ1v) is 9.95. The molecule has 1 heterocycles. The zero-order valence-corrected chi connectivity index (χ0v) is 16.7. The predicted molar refractivity (Wildman–Crippen MR) is 115 cm³/mol. The molecule has 2 aromatic carbocycles. The zero-order valence-electron chi connectivity index (χ0n) is 15.9. The molecule has 1 unspecified atom stereocenters. The van der Waals surface area contributed by atoms with Crippen molar-refractivity contribution in [1.82, 2.24) is 5.32 Å². The maximum atomic E-state index is 12.7. The van der Waals surface area contributed by atoms with Gasteiger partial charge in [0.25, 0.3) is 11.8 Å². The number of para-hydroxylation sites is 1. The molecule has 3 aromatic rings. The minimum absolute atomic E-state index is 0.164. The van der Waals surface area contributed by atoms with Gasteiger partial charge in [-0.3, -0.25) is 9.59 Å². The number of carbonyl (C=O) groups is 2. The lowest BCUT2D eigenvalue weighted by Gasteiger charge is -2.16. The van der Waals surface area contributed by atoms with E-state index < -0.39 is 5.91 Å². The van der Waals surface area contributed by atoms with Crippen LogP contribution in [-0.2, 0) is 9.63 Å². The standard InChI is InChI=1S/C22H21N3O3S/c1-16(17-8-3-2-4-9-17)24-22(27)19-11-5-6-12-20(19)25-21(26)15-28-23-14-18-10-7-13-29-18/h2-14,16H,15H2,1H3,(H,24,27)(H,25,26)/b23-14+. The molecule has 0 radical (unpaired) electrons. The van der Waals surface area contributed by atoms with Crippen molar-refractivity contribution in [3.8, 4) is 0 Å². The number of amides is 2. The van der Waals surface area contributed by atoms with Crippen LogP contribution in [0.25, 0.3) is 0 Å². The zero-order chi connectivity index (χ0) is 20.5. The fourth-order valence-corrected chi connectivity index (χ4v) is 3.20. The molecule has 2 amide bonds. The maximum Gasteiger partial charge on any atom is 0.265 e. The number of rotatable bonds is 8. The highest BCUT2D eigenvalue weighted by Gasteiger charge is 2.16. The van der Waals surface area contributed by atoms with Crippen molar-refractivity contribution >= 4 is 35.1 Å². The second kappa shape index (κ2) is 10.2. The third-order valence-corrected chi connectivity index (χ3v) is 4.89. The largest absolute Gasteiger partial charge is 0.386 e. The van der Waals surface area contributed by atoms with Gasteiger partial charge in [0, 0.05) is 4.88 Å². The van der Waals surface area contributed by atoms with Gasteiger partial charge in [-0.2, -0.15) is 0 Å². The number of nitrogens with zero attached hydrogens (tertiary/aromatic N) is 1. The number of carbonyl (C=O) groups excluding carboxylic acids is 2. The fourth-order valence-electron chi connectivity index (χ4n) is 2.63. The predicted octanol–water partition coefficient (Wildman–Crippen LogP) is 4.23. The van der Waals surface area contributed by atoms with Crippen LogP contribution in [0.15, 0.2) is 77.3 Å². The summed E-state index contributed by atoms with van der Waals surface area (Å²) < 4.78 is 0. The first kappa shape index (κ1) is 20.3. The molecular formula is C22H21N3O3S. The molecule has 148 valence electrons. The Bertz CT molecular complexity index is 972. The third-order valence-electron chi connectivity index (χ3n) is 4.09. The van der Waals surface area contributed by atoms with Crippen LogP contribution in [0.5, 0.6) is 0 Å². The number of hydrogen-bond acceptors (Lipinski definition) is 5. The average Bonchev–Trinajstić information content (AvgIpc) is 3.26. The van der Waals surface area contributed by atoms with E-state index >= 15 is 0 Å². The Hall–Kier alpha value is -3.45. The molecule has 0 aliphatic carbocycles. The van der Waals surface area contributed by atoms with Crippen LogP contribution in [0.2, 0.25) is 0 Å². The van der Waals surface area contributed by atoms with Gasteiger partial charge in [-0.05, 0) is 36.1 Å². The quantitative estimate of drug-likeness (QED) is 0.433. The van der Waals surface area contributed by atoms with E-state index in [1.807, 2.05) is 54.8 Å². The molecule has 0 spiro atoms. The molecule has 2 N–H and O–H groups in total. The third kappa shape index (κ3) is 6.02. The first-order valence-electron chi connectivity index (χ1n) is 9.07. The molecule has 0 saturated carbocycles. The molecule has 1 atom stereocenters. The van der Waals surface area contributed by atoms with Crippen LogP contribution in [0.4, 0.5) is 5.69 Å². The van der Waals surface area contributed by atoms with E-state index in [1.54, 1.807) is 30.5 Å². The summed E-state index contributed by atoms with van der Waals surface area (Å²) >= 11 is 1.52. The lowest BCUT2D eigenvalue weighted by Crippen LogP contribution is -2.28. The second-order valence-corrected chi connectivity index (χ2v) is 7.20. The SMILES string of the molecule is CC(NC(=O)c1ccccc1NC(=O)CO/N=C/c1cccs1)c1ccccc1. The summed E-state index contributed by atoms with van der Waals surface area (Å²) in [6.07, 6.45) is 1.55. The number of thiophene rings is 1. The minimum atomic E-state index is -0.398. The lowest BCUT2D eigenvalue weighted by atomic mass is 10.1. The van der Waals surface area contributed by atoms with Crippen molar-refractivity contribution in [3.63, 3.8) is 0 Å². The smallest absolute Gasteiger partial charge is 0.265 e. The van der Waals surface area contributed by atoms with Gasteiger partial charge in [-0.1, -0.05) is 53.7 Å². The molecule has 0 aliphatic heterocycles. The number of benzene rings is 2. The molecule has 3 rings (SSSR count). The van der Waals surface area contributed by atoms with Crippen LogP contribution in [0.1, 0.15) is 33.8 Å². The van der Waals surface area contributed by atoms with E-state index in [2.05, 4.69) is 15.8 Å². The van der Waals surface area contributed by atoms with Crippen LogP contribution in [-0.4, -0.2) is 24.6 Å². The summed E-state index contributed by atoms with van der Waals surface area (Å²) in [5, 5.41) is 11.3. The Morgan fingerprint density at radius 3 is 2.59 bits per heavy atom. The molecule has 6 nitrogen and oxygen atoms in total. The topological polar surface area (TPSA) is 79.8 Å². The Labute approximate surface area is 173 Å². The molecule has 0 aliphatic rings. The summed E-state index contributed by atoms with van der Waals surface area (Å²) in [6, 6.07) is 20.1. The Kier molecular flexibility index (Phi) is 7.13. The second-order valence-electron chi connectivity index (χ2n) is 6.22. The number of hydrogen-bond donors (Lipinski definition) is 2. The van der Waals surface area contributed by atoms with Gasteiger partial charge in [0.1, 0.15) is 0 Å². The van der Waals surface area contributed by atoms with Gasteiger partial charge in [0.2, 0.25) is 0 Å². The summed E-state index contributed by atoms with van der Waals surface area (Å²) in [7, 11) is 0. The molecule has 29 heavy (non-hydrogen) atoms. The summed E-state index contributed by atoms with van der Waals surface area (Å²) in [5.74, 6) is -0.668. The molecule has 0 saturated heterocycles. The van der Waals surface area contributed by atoms with Gasteiger partial charge in [-0.25, -0.2) is 0 Å². The van der Waals surface area contributed by atoms with E-state index in [9.17, 15) is 9.59 Å². The van der Waals surface area contributed by atoms with Crippen molar-refractivity contribution in [2.45, 2.75) is 13.0 Å². The molecule has 7 heteroatoms. The summed E-state index contributed by atoms with van der Waals surface area (Å²) in [6.45, 7) is 1.66. The Morgan fingerprint density at radius 1 is 1.07 bits per heavy atom. The van der Waals surface area contributed by atoms with Crippen molar-refractivity contribution in [3.05, 3.63) is 88.1 Å². The summed E-state index contributed by atoms with van der Waals surface area (Å²) in [4.78, 5) is 30.8. The van der Waals surface area contributed by atoms with Crippen LogP contribution >= 0.6 is 11.3 Å². The minimum Gasteiger partial charge on any atom is -0.386 e. The highest BCUT2D eigenvalue weighted by molar-refractivity contribution is 7.11. The molecule has 0 fully saturated rings. The fraction of sp³-hybridized carbons (Fsp3) is 0.136. The summed E-state index contributed by atoms with van der Waals surface area (Å²) in [5.41, 5.74) is 1.80. The van der Waals surface area contributed by atoms with E-state index in [1.165, 1.54) is 11.3 Å². The van der Waals surface area contributed by atoms with Crippen LogP contribution < -0.4 is 10.6 Å². The van der Waals surface area contributed by atoms with Gasteiger partial charge in [-0.15, -0.1) is 11.3 Å². The number of oxime groups is 1. The van der Waals surface area contributed by atoms with E-state index in [0.717, 1.165) is 10.4 Å². The number of nitrogens with one attached hydrogen (secondary N) is 2. The first-order chi connectivity index (χ1) is 14.1. The van der Waals surface area contributed by atoms with Crippen LogP contribution in [0, 0.1) is 0 Å². The lowest BCUT2D eigenvalue weighted by molar-refractivity contribution is -0.120. The molecule has 0 bridgehead atoms. The van der Waals surface area contributed by atoms with E-state index in [-0.39, 0.29) is 18.6 Å². The van der Waals surface area contributed by atoms with Gasteiger partial charge >= 0.3 is 0 Å². The van der Waals surface area contributed by atoms with Crippen molar-refractivity contribution in [2.75, 3.05) is 11.9 Å². The van der Waals surface area contributed by atoms with Gasteiger partial charge in [0.15, 0.2) is 6.61 Å². The highest BCUT2D eigenvalue weighted by Crippen LogP contribution is 2.18. The monoisotopic (exact) mass is 407 g/mol. The number of anilines is 1. The molecular weight excluding hydrogens is 386 g/mol.